The fourth-order valence-electron chi connectivity index (χ4n) is 0.877. The van der Waals surface area contributed by atoms with Gasteiger partial charge in [-0.05, 0) is 12.8 Å². The van der Waals surface area contributed by atoms with Gasteiger partial charge in [-0.1, -0.05) is 19.8 Å². The van der Waals surface area contributed by atoms with Crippen molar-refractivity contribution in [3.8, 4) is 0 Å². The van der Waals surface area contributed by atoms with Crippen LogP contribution in [0.2, 0.25) is 0 Å². The summed E-state index contributed by atoms with van der Waals surface area (Å²) in [5, 5.41) is 2.08. The van der Waals surface area contributed by atoms with Crippen LogP contribution in [-0.2, 0) is 6.42 Å². The van der Waals surface area contributed by atoms with Gasteiger partial charge in [0.05, 0.1) is 5.69 Å². The third-order valence-corrected chi connectivity index (χ3v) is 2.06. The molecule has 1 heterocycles. The average Bonchev–Trinajstić information content (AvgIpc) is 2.41. The molecule has 10 heavy (non-hydrogen) atoms. The van der Waals surface area contributed by atoms with Crippen molar-refractivity contribution < 1.29 is 0 Å². The molecule has 0 aliphatic heterocycles. The summed E-state index contributed by atoms with van der Waals surface area (Å²) < 4.78 is 0. The van der Waals surface area contributed by atoms with E-state index in [2.05, 4.69) is 22.8 Å². The molecule has 0 aliphatic carbocycles. The van der Waals surface area contributed by atoms with Gasteiger partial charge in [0, 0.05) is 5.38 Å². The molecule has 2 heteroatoms. The Labute approximate surface area is 66.1 Å². The molecular formula is C8H12NS. The maximum atomic E-state index is 4.08. The van der Waals surface area contributed by atoms with Crippen molar-refractivity contribution >= 4 is 11.3 Å². The monoisotopic (exact) mass is 154 g/mol. The predicted molar refractivity (Wildman–Crippen MR) is 44.2 cm³/mol. The predicted octanol–water partition coefficient (Wildman–Crippen LogP) is 2.68. The first-order valence-corrected chi connectivity index (χ1v) is 4.62. The van der Waals surface area contributed by atoms with Gasteiger partial charge in [-0.2, -0.15) is 0 Å². The fourth-order valence-corrected chi connectivity index (χ4v) is 1.41. The maximum Gasteiger partial charge on any atom is 0.152 e. The summed E-state index contributed by atoms with van der Waals surface area (Å²) in [4.78, 5) is 4.08. The van der Waals surface area contributed by atoms with Crippen LogP contribution in [0, 0.1) is 5.51 Å². The summed E-state index contributed by atoms with van der Waals surface area (Å²) in [5.74, 6) is 0. The summed E-state index contributed by atoms with van der Waals surface area (Å²) >= 11 is 1.56. The second-order valence-corrected chi connectivity index (χ2v) is 3.04. The molecule has 55 valence electrons. The number of thiazole rings is 1. The number of hydrogen-bond donors (Lipinski definition) is 0. The lowest BCUT2D eigenvalue weighted by molar-refractivity contribution is 0.709. The molecule has 0 spiro atoms. The highest BCUT2D eigenvalue weighted by atomic mass is 32.1. The van der Waals surface area contributed by atoms with Crippen LogP contribution in [0.25, 0.3) is 0 Å². The van der Waals surface area contributed by atoms with Crippen molar-refractivity contribution in [2.45, 2.75) is 32.6 Å². The van der Waals surface area contributed by atoms with Gasteiger partial charge in [-0.25, -0.2) is 4.98 Å². The van der Waals surface area contributed by atoms with Crippen LogP contribution in [0.5, 0.6) is 0 Å². The number of rotatable bonds is 4. The van der Waals surface area contributed by atoms with E-state index < -0.39 is 0 Å². The largest absolute Gasteiger partial charge is 0.239 e. The molecule has 0 amide bonds. The standard InChI is InChI=1S/C8H12NS/c1-2-3-4-5-8-6-10-7-9-8/h6H,2-5H2,1H3. The zero-order valence-corrected chi connectivity index (χ0v) is 7.08. The normalized spacial score (nSPS) is 10.1. The number of aryl methyl sites for hydroxylation is 1. The Bertz CT molecular complexity index is 158. The highest BCUT2D eigenvalue weighted by Gasteiger charge is 1.92. The third kappa shape index (κ3) is 2.48. The van der Waals surface area contributed by atoms with Crippen molar-refractivity contribution in [2.75, 3.05) is 0 Å². The van der Waals surface area contributed by atoms with Crippen molar-refractivity contribution in [3.05, 3.63) is 16.6 Å². The highest BCUT2D eigenvalue weighted by molar-refractivity contribution is 7.07. The number of hydrogen-bond acceptors (Lipinski definition) is 2. The summed E-state index contributed by atoms with van der Waals surface area (Å²) in [6.45, 7) is 2.22. The first-order chi connectivity index (χ1) is 4.93. The summed E-state index contributed by atoms with van der Waals surface area (Å²) in [6.07, 6.45) is 5.01. The molecule has 0 bridgehead atoms. The van der Waals surface area contributed by atoms with Crippen LogP contribution in [-0.4, -0.2) is 4.98 Å². The first-order valence-electron chi connectivity index (χ1n) is 3.74. The minimum Gasteiger partial charge on any atom is -0.239 e. The van der Waals surface area contributed by atoms with Crippen LogP contribution >= 0.6 is 11.3 Å². The zero-order chi connectivity index (χ0) is 7.23. The maximum absolute atomic E-state index is 4.08. The van der Waals surface area contributed by atoms with Gasteiger partial charge < -0.3 is 0 Å². The molecule has 0 saturated carbocycles. The molecule has 1 aromatic heterocycles. The summed E-state index contributed by atoms with van der Waals surface area (Å²) in [7, 11) is 0. The molecule has 0 N–H and O–H groups in total. The van der Waals surface area contributed by atoms with Crippen molar-refractivity contribution in [2.24, 2.45) is 0 Å². The van der Waals surface area contributed by atoms with E-state index in [9.17, 15) is 0 Å². The lowest BCUT2D eigenvalue weighted by Gasteiger charge is -1.92. The highest BCUT2D eigenvalue weighted by Crippen LogP contribution is 2.05. The van der Waals surface area contributed by atoms with Crippen molar-refractivity contribution in [1.82, 2.24) is 4.98 Å². The summed E-state index contributed by atoms with van der Waals surface area (Å²) in [6, 6.07) is 0. The Hall–Kier alpha value is -0.370. The Morgan fingerprint density at radius 1 is 1.60 bits per heavy atom. The van der Waals surface area contributed by atoms with E-state index in [4.69, 9.17) is 0 Å². The second kappa shape index (κ2) is 4.45. The molecule has 0 unspecified atom stereocenters. The molecule has 0 aliphatic rings. The lowest BCUT2D eigenvalue weighted by Crippen LogP contribution is -1.83. The smallest absolute Gasteiger partial charge is 0.152 e. The third-order valence-electron chi connectivity index (χ3n) is 1.47. The Morgan fingerprint density at radius 3 is 3.10 bits per heavy atom. The molecule has 1 nitrogen and oxygen atoms in total. The fraction of sp³-hybridized carbons (Fsp3) is 0.625. The van der Waals surface area contributed by atoms with E-state index in [1.165, 1.54) is 25.0 Å². The van der Waals surface area contributed by atoms with Gasteiger partial charge in [0.15, 0.2) is 5.51 Å². The molecule has 1 rings (SSSR count). The molecule has 1 aromatic rings. The molecule has 0 aromatic carbocycles. The Kier molecular flexibility index (Phi) is 3.44. The molecule has 1 radical (unpaired) electrons. The average molecular weight is 154 g/mol. The Balaban J connectivity index is 2.15. The van der Waals surface area contributed by atoms with Crippen molar-refractivity contribution in [1.29, 1.82) is 0 Å². The van der Waals surface area contributed by atoms with Crippen molar-refractivity contribution in [3.63, 3.8) is 0 Å². The van der Waals surface area contributed by atoms with E-state index in [0.29, 0.717) is 0 Å². The van der Waals surface area contributed by atoms with Gasteiger partial charge >= 0.3 is 0 Å². The lowest BCUT2D eigenvalue weighted by atomic mass is 10.2. The van der Waals surface area contributed by atoms with Crippen LogP contribution in [0.1, 0.15) is 31.9 Å². The molecule has 0 fully saturated rings. The van der Waals surface area contributed by atoms with E-state index >= 15 is 0 Å². The van der Waals surface area contributed by atoms with Crippen LogP contribution in [0.15, 0.2) is 5.38 Å². The Morgan fingerprint density at radius 2 is 2.50 bits per heavy atom. The minimum atomic E-state index is 1.13. The molecule has 0 saturated heterocycles. The number of aromatic nitrogens is 1. The van der Waals surface area contributed by atoms with E-state index in [-0.39, 0.29) is 0 Å². The molecule has 0 atom stereocenters. The van der Waals surface area contributed by atoms with Gasteiger partial charge in [0.25, 0.3) is 0 Å². The van der Waals surface area contributed by atoms with Gasteiger partial charge in [-0.3, -0.25) is 0 Å². The molecular weight excluding hydrogens is 142 g/mol. The SMILES string of the molecule is CCCCCc1cs[c]n1. The van der Waals surface area contributed by atoms with E-state index in [0.717, 1.165) is 6.42 Å². The number of nitrogens with zero attached hydrogens (tertiary/aromatic N) is 1. The van der Waals surface area contributed by atoms with E-state index in [1.807, 2.05) is 0 Å². The second-order valence-electron chi connectivity index (χ2n) is 2.39. The van der Waals surface area contributed by atoms with Crippen LogP contribution < -0.4 is 0 Å². The van der Waals surface area contributed by atoms with Crippen LogP contribution in [0.4, 0.5) is 0 Å². The summed E-state index contributed by atoms with van der Waals surface area (Å²) in [5.41, 5.74) is 4.06. The van der Waals surface area contributed by atoms with E-state index in [1.54, 1.807) is 11.3 Å². The quantitative estimate of drug-likeness (QED) is 0.608. The minimum absolute atomic E-state index is 1.13. The first kappa shape index (κ1) is 7.73. The van der Waals surface area contributed by atoms with Gasteiger partial charge in [0.2, 0.25) is 0 Å². The van der Waals surface area contributed by atoms with Gasteiger partial charge in [0.1, 0.15) is 0 Å². The van der Waals surface area contributed by atoms with Crippen LogP contribution in [0.3, 0.4) is 0 Å². The number of unbranched alkanes of at least 4 members (excludes halogenated alkanes) is 2. The zero-order valence-electron chi connectivity index (χ0n) is 6.26. The topological polar surface area (TPSA) is 12.9 Å². The van der Waals surface area contributed by atoms with Gasteiger partial charge in [-0.15, -0.1) is 11.3 Å².